The monoisotopic (exact) mass is 356 g/mol. The van der Waals surface area contributed by atoms with Crippen molar-refractivity contribution in [3.8, 4) is 0 Å². The number of nitrogens with zero attached hydrogens (tertiary/aromatic N) is 1. The fourth-order valence-electron chi connectivity index (χ4n) is 2.54. The lowest BCUT2D eigenvalue weighted by atomic mass is 10.0. The van der Waals surface area contributed by atoms with E-state index in [-0.39, 0.29) is 6.04 Å². The molecule has 1 aliphatic heterocycles. The molecule has 112 valence electrons. The van der Waals surface area contributed by atoms with Gasteiger partial charge < -0.3 is 10.6 Å². The summed E-state index contributed by atoms with van der Waals surface area (Å²) in [7, 11) is 0. The molecule has 0 aromatic heterocycles. The molecule has 1 heterocycles. The Hall–Kier alpha value is -0.0300. The molecule has 1 saturated heterocycles. The molecule has 0 amide bonds. The maximum Gasteiger partial charge on any atom is 0.0318 e. The van der Waals surface area contributed by atoms with Crippen LogP contribution in [0, 0.1) is 0 Å². The van der Waals surface area contributed by atoms with Crippen LogP contribution in [0.2, 0.25) is 0 Å². The van der Waals surface area contributed by atoms with Crippen LogP contribution >= 0.6 is 27.7 Å². The molecule has 0 spiro atoms. The summed E-state index contributed by atoms with van der Waals surface area (Å²) in [5.74, 6) is 1.23. The predicted octanol–water partition coefficient (Wildman–Crippen LogP) is 4.06. The summed E-state index contributed by atoms with van der Waals surface area (Å²) < 4.78 is 1.55. The molecule has 2 N–H and O–H groups in total. The average Bonchev–Trinajstić information content (AvgIpc) is 2.57. The number of rotatable bonds is 4. The molecule has 2 nitrogen and oxygen atoms in total. The quantitative estimate of drug-likeness (QED) is 0.881. The molecule has 1 aromatic carbocycles. The number of halogens is 1. The highest BCUT2D eigenvalue weighted by molar-refractivity contribution is 9.10. The molecule has 0 saturated carbocycles. The van der Waals surface area contributed by atoms with E-state index >= 15 is 0 Å². The maximum atomic E-state index is 6.34. The highest BCUT2D eigenvalue weighted by atomic mass is 79.9. The Kier molecular flexibility index (Phi) is 5.96. The van der Waals surface area contributed by atoms with Crippen LogP contribution < -0.4 is 5.73 Å². The summed E-state index contributed by atoms with van der Waals surface area (Å²) in [6.45, 7) is 8.20. The number of benzene rings is 1. The summed E-state index contributed by atoms with van der Waals surface area (Å²) >= 11 is 5.69. The van der Waals surface area contributed by atoms with Gasteiger partial charge >= 0.3 is 0 Å². The number of thioether (sulfide) groups is 1. The molecule has 1 fully saturated rings. The first-order chi connectivity index (χ1) is 9.48. The van der Waals surface area contributed by atoms with Gasteiger partial charge in [0, 0.05) is 27.6 Å². The standard InChI is InChI=1S/C16H25BrN2S/c1-16(2)8-10-19(11-12-20-16)9-7-15(18)13-5-3-4-6-14(13)17/h3-6,15H,7-12,18H2,1-2H3. The Morgan fingerprint density at radius 2 is 2.10 bits per heavy atom. The van der Waals surface area contributed by atoms with Crippen molar-refractivity contribution in [2.45, 2.75) is 37.5 Å². The molecule has 2 rings (SSSR count). The zero-order chi connectivity index (χ0) is 14.6. The zero-order valence-corrected chi connectivity index (χ0v) is 14.8. The number of hydrogen-bond acceptors (Lipinski definition) is 3. The van der Waals surface area contributed by atoms with Gasteiger partial charge in [0.2, 0.25) is 0 Å². The molecule has 1 atom stereocenters. The van der Waals surface area contributed by atoms with Crippen LogP contribution in [0.3, 0.4) is 0 Å². The summed E-state index contributed by atoms with van der Waals surface area (Å²) in [5.41, 5.74) is 7.56. The Balaban J connectivity index is 1.84. The van der Waals surface area contributed by atoms with Gasteiger partial charge in [-0.15, -0.1) is 0 Å². The van der Waals surface area contributed by atoms with Gasteiger partial charge in [-0.05, 0) is 37.6 Å². The fraction of sp³-hybridized carbons (Fsp3) is 0.625. The van der Waals surface area contributed by atoms with Gasteiger partial charge in [0.15, 0.2) is 0 Å². The van der Waals surface area contributed by atoms with E-state index in [9.17, 15) is 0 Å². The minimum Gasteiger partial charge on any atom is -0.324 e. The normalized spacial score (nSPS) is 21.4. The Morgan fingerprint density at radius 1 is 1.35 bits per heavy atom. The van der Waals surface area contributed by atoms with Crippen LogP contribution in [0.4, 0.5) is 0 Å². The van der Waals surface area contributed by atoms with E-state index in [0.717, 1.165) is 17.4 Å². The fourth-order valence-corrected chi connectivity index (χ4v) is 4.26. The highest BCUT2D eigenvalue weighted by Crippen LogP contribution is 2.31. The Bertz CT molecular complexity index is 436. The largest absolute Gasteiger partial charge is 0.324 e. The molecular weight excluding hydrogens is 332 g/mol. The van der Waals surface area contributed by atoms with Gasteiger partial charge in [0.05, 0.1) is 0 Å². The number of hydrogen-bond donors (Lipinski definition) is 1. The molecule has 0 aliphatic carbocycles. The third-order valence-corrected chi connectivity index (χ3v) is 6.09. The molecular formula is C16H25BrN2S. The van der Waals surface area contributed by atoms with Crippen LogP contribution in [0.1, 0.15) is 38.3 Å². The van der Waals surface area contributed by atoms with E-state index in [0.29, 0.717) is 4.75 Å². The van der Waals surface area contributed by atoms with Crippen molar-refractivity contribution < 1.29 is 0 Å². The Morgan fingerprint density at radius 3 is 2.85 bits per heavy atom. The summed E-state index contributed by atoms with van der Waals surface area (Å²) in [5, 5.41) is 0. The molecule has 1 aromatic rings. The van der Waals surface area contributed by atoms with E-state index in [1.165, 1.54) is 30.8 Å². The smallest absolute Gasteiger partial charge is 0.0318 e. The van der Waals surface area contributed by atoms with Crippen LogP contribution in [0.5, 0.6) is 0 Å². The van der Waals surface area contributed by atoms with Gasteiger partial charge in [-0.3, -0.25) is 0 Å². The lowest BCUT2D eigenvalue weighted by molar-refractivity contribution is 0.273. The lowest BCUT2D eigenvalue weighted by Gasteiger charge is -2.24. The topological polar surface area (TPSA) is 29.3 Å². The zero-order valence-electron chi connectivity index (χ0n) is 12.4. The van der Waals surface area contributed by atoms with E-state index in [1.807, 2.05) is 6.07 Å². The van der Waals surface area contributed by atoms with Crippen molar-refractivity contribution in [2.24, 2.45) is 5.73 Å². The lowest BCUT2D eigenvalue weighted by Crippen LogP contribution is -2.30. The van der Waals surface area contributed by atoms with Crippen molar-refractivity contribution in [1.29, 1.82) is 0 Å². The van der Waals surface area contributed by atoms with Gasteiger partial charge in [-0.1, -0.05) is 48.0 Å². The van der Waals surface area contributed by atoms with Crippen molar-refractivity contribution in [2.75, 3.05) is 25.4 Å². The van der Waals surface area contributed by atoms with Gasteiger partial charge in [-0.25, -0.2) is 0 Å². The summed E-state index contributed by atoms with van der Waals surface area (Å²) in [4.78, 5) is 2.57. The van der Waals surface area contributed by atoms with Gasteiger partial charge in [0.25, 0.3) is 0 Å². The average molecular weight is 357 g/mol. The first kappa shape index (κ1) is 16.3. The summed E-state index contributed by atoms with van der Waals surface area (Å²) in [6, 6.07) is 8.41. The van der Waals surface area contributed by atoms with Crippen LogP contribution in [0.15, 0.2) is 28.7 Å². The van der Waals surface area contributed by atoms with Crippen LogP contribution in [-0.2, 0) is 0 Å². The van der Waals surface area contributed by atoms with Crippen molar-refractivity contribution >= 4 is 27.7 Å². The molecule has 1 aliphatic rings. The molecule has 0 bridgehead atoms. The third kappa shape index (κ3) is 4.76. The first-order valence-corrected chi connectivity index (χ1v) is 9.12. The van der Waals surface area contributed by atoms with Crippen molar-refractivity contribution in [1.82, 2.24) is 4.90 Å². The van der Waals surface area contributed by atoms with Crippen LogP contribution in [0.25, 0.3) is 0 Å². The second-order valence-corrected chi connectivity index (χ2v) is 8.77. The minimum atomic E-state index is 0.120. The second-order valence-electron chi connectivity index (χ2n) is 6.12. The minimum absolute atomic E-state index is 0.120. The van der Waals surface area contributed by atoms with Gasteiger partial charge in [-0.2, -0.15) is 11.8 Å². The number of nitrogens with two attached hydrogens (primary N) is 1. The predicted molar refractivity (Wildman–Crippen MR) is 93.3 cm³/mol. The second kappa shape index (κ2) is 7.30. The van der Waals surface area contributed by atoms with Crippen molar-refractivity contribution in [3.05, 3.63) is 34.3 Å². The van der Waals surface area contributed by atoms with E-state index < -0.39 is 0 Å². The maximum absolute atomic E-state index is 6.34. The van der Waals surface area contributed by atoms with Crippen LogP contribution in [-0.4, -0.2) is 35.0 Å². The van der Waals surface area contributed by atoms with E-state index in [4.69, 9.17) is 5.73 Å². The molecule has 4 heteroatoms. The summed E-state index contributed by atoms with van der Waals surface area (Å²) in [6.07, 6.45) is 2.29. The van der Waals surface area contributed by atoms with Crippen molar-refractivity contribution in [3.63, 3.8) is 0 Å². The first-order valence-electron chi connectivity index (χ1n) is 7.34. The van der Waals surface area contributed by atoms with E-state index in [1.54, 1.807) is 0 Å². The SMILES string of the molecule is CC1(C)CCN(CCC(N)c2ccccc2Br)CCS1. The third-order valence-electron chi connectivity index (χ3n) is 3.99. The Labute approximate surface area is 135 Å². The molecule has 0 radical (unpaired) electrons. The van der Waals surface area contributed by atoms with Gasteiger partial charge in [0.1, 0.15) is 0 Å². The molecule has 20 heavy (non-hydrogen) atoms. The van der Waals surface area contributed by atoms with E-state index in [2.05, 4.69) is 64.6 Å². The molecule has 1 unspecified atom stereocenters. The highest BCUT2D eigenvalue weighted by Gasteiger charge is 2.23.